The Hall–Kier alpha value is -1.11. The molecule has 0 heterocycles. The van der Waals surface area contributed by atoms with Gasteiger partial charge in [-0.3, -0.25) is 4.72 Å². The van der Waals surface area contributed by atoms with Crippen LogP contribution in [0.4, 0.5) is 5.69 Å². The van der Waals surface area contributed by atoms with E-state index in [-0.39, 0.29) is 12.6 Å². The Bertz CT molecular complexity index is 539. The van der Waals surface area contributed by atoms with Crippen molar-refractivity contribution in [3.05, 3.63) is 29.8 Å². The summed E-state index contributed by atoms with van der Waals surface area (Å²) in [6, 6.07) is 6.90. The Morgan fingerprint density at radius 2 is 2.00 bits per heavy atom. The van der Waals surface area contributed by atoms with Gasteiger partial charge >= 0.3 is 10.2 Å². The van der Waals surface area contributed by atoms with E-state index in [0.29, 0.717) is 11.3 Å². The number of rotatable bonds is 5. The number of anilines is 1. The quantitative estimate of drug-likeness (QED) is 0.874. The third-order valence-electron chi connectivity index (χ3n) is 3.82. The Morgan fingerprint density at radius 3 is 2.65 bits per heavy atom. The molecule has 0 saturated heterocycles. The van der Waals surface area contributed by atoms with E-state index in [1.54, 1.807) is 31.3 Å². The minimum atomic E-state index is -3.54. The van der Waals surface area contributed by atoms with Crippen molar-refractivity contribution in [2.75, 3.05) is 11.8 Å². The average Bonchev–Trinajstić information content (AvgIpc) is 2.47. The maximum atomic E-state index is 12.4. The number of benzene rings is 1. The van der Waals surface area contributed by atoms with Crippen LogP contribution in [0, 0.1) is 0 Å². The topological polar surface area (TPSA) is 69.6 Å². The SMILES string of the molecule is CN(C1CCCCC1)S(=O)(=O)Nc1cccc(CO)c1. The van der Waals surface area contributed by atoms with Gasteiger partial charge in [0, 0.05) is 13.1 Å². The summed E-state index contributed by atoms with van der Waals surface area (Å²) in [5, 5.41) is 9.09. The molecular weight excluding hydrogens is 276 g/mol. The standard InChI is InChI=1S/C14H22N2O3S/c1-16(14-8-3-2-4-9-14)20(18,19)15-13-7-5-6-12(10-13)11-17/h5-7,10,14-15,17H,2-4,8-9,11H2,1H3. The summed E-state index contributed by atoms with van der Waals surface area (Å²) >= 11 is 0. The van der Waals surface area contributed by atoms with Crippen LogP contribution in [-0.4, -0.2) is 30.9 Å². The molecule has 0 aromatic heterocycles. The zero-order valence-corrected chi connectivity index (χ0v) is 12.6. The highest BCUT2D eigenvalue weighted by Crippen LogP contribution is 2.24. The maximum absolute atomic E-state index is 12.4. The van der Waals surface area contributed by atoms with Crippen LogP contribution in [0.3, 0.4) is 0 Å². The molecule has 1 aliphatic rings. The molecular formula is C14H22N2O3S. The summed E-state index contributed by atoms with van der Waals surface area (Å²) < 4.78 is 28.7. The van der Waals surface area contributed by atoms with E-state index in [2.05, 4.69) is 4.72 Å². The molecule has 0 aliphatic heterocycles. The third-order valence-corrected chi connectivity index (χ3v) is 5.37. The molecule has 0 amide bonds. The molecule has 6 heteroatoms. The van der Waals surface area contributed by atoms with Crippen LogP contribution in [0.1, 0.15) is 37.7 Å². The zero-order chi connectivity index (χ0) is 14.6. The third kappa shape index (κ3) is 3.71. The molecule has 112 valence electrons. The molecule has 0 unspecified atom stereocenters. The summed E-state index contributed by atoms with van der Waals surface area (Å²) in [4.78, 5) is 0. The molecule has 5 nitrogen and oxygen atoms in total. The van der Waals surface area contributed by atoms with E-state index in [1.807, 2.05) is 0 Å². The average molecular weight is 298 g/mol. The molecule has 0 radical (unpaired) electrons. The molecule has 1 fully saturated rings. The van der Waals surface area contributed by atoms with Crippen molar-refractivity contribution < 1.29 is 13.5 Å². The molecule has 1 aliphatic carbocycles. The number of hydrogen-bond acceptors (Lipinski definition) is 3. The fourth-order valence-electron chi connectivity index (χ4n) is 2.59. The minimum Gasteiger partial charge on any atom is -0.392 e. The van der Waals surface area contributed by atoms with Crippen molar-refractivity contribution in [2.24, 2.45) is 0 Å². The highest BCUT2D eigenvalue weighted by Gasteiger charge is 2.27. The van der Waals surface area contributed by atoms with Gasteiger partial charge < -0.3 is 5.11 Å². The lowest BCUT2D eigenvalue weighted by Gasteiger charge is -2.30. The molecule has 20 heavy (non-hydrogen) atoms. The summed E-state index contributed by atoms with van der Waals surface area (Å²) in [5.41, 5.74) is 1.17. The number of hydrogen-bond donors (Lipinski definition) is 2. The maximum Gasteiger partial charge on any atom is 0.301 e. The number of nitrogens with one attached hydrogen (secondary N) is 1. The van der Waals surface area contributed by atoms with Gasteiger partial charge in [-0.25, -0.2) is 0 Å². The molecule has 1 saturated carbocycles. The second-order valence-electron chi connectivity index (χ2n) is 5.27. The Labute approximate surface area is 120 Å². The summed E-state index contributed by atoms with van der Waals surface area (Å²) in [5.74, 6) is 0. The lowest BCUT2D eigenvalue weighted by Crippen LogP contribution is -2.41. The van der Waals surface area contributed by atoms with Crippen LogP contribution >= 0.6 is 0 Å². The largest absolute Gasteiger partial charge is 0.392 e. The van der Waals surface area contributed by atoms with Crippen LogP contribution in [0.2, 0.25) is 0 Å². The van der Waals surface area contributed by atoms with E-state index in [1.165, 1.54) is 10.7 Å². The fraction of sp³-hybridized carbons (Fsp3) is 0.571. The first kappa shape index (κ1) is 15.3. The van der Waals surface area contributed by atoms with Crippen LogP contribution in [0.15, 0.2) is 24.3 Å². The number of nitrogens with zero attached hydrogens (tertiary/aromatic N) is 1. The van der Waals surface area contributed by atoms with Crippen molar-refractivity contribution in [2.45, 2.75) is 44.8 Å². The van der Waals surface area contributed by atoms with Crippen LogP contribution < -0.4 is 4.72 Å². The summed E-state index contributed by atoms with van der Waals surface area (Å²) in [7, 11) is -1.90. The van der Waals surface area contributed by atoms with E-state index < -0.39 is 10.2 Å². The molecule has 0 bridgehead atoms. The monoisotopic (exact) mass is 298 g/mol. The Balaban J connectivity index is 2.09. The van der Waals surface area contributed by atoms with Gasteiger partial charge in [0.25, 0.3) is 0 Å². The highest BCUT2D eigenvalue weighted by atomic mass is 32.2. The van der Waals surface area contributed by atoms with Gasteiger partial charge in [-0.15, -0.1) is 0 Å². The van der Waals surface area contributed by atoms with Crippen molar-refractivity contribution in [3.8, 4) is 0 Å². The molecule has 2 rings (SSSR count). The highest BCUT2D eigenvalue weighted by molar-refractivity contribution is 7.90. The smallest absolute Gasteiger partial charge is 0.301 e. The van der Waals surface area contributed by atoms with Gasteiger partial charge in [0.1, 0.15) is 0 Å². The van der Waals surface area contributed by atoms with E-state index in [4.69, 9.17) is 5.11 Å². The number of aliphatic hydroxyl groups excluding tert-OH is 1. The second kappa shape index (κ2) is 6.56. The van der Waals surface area contributed by atoms with Crippen molar-refractivity contribution in [1.29, 1.82) is 0 Å². The summed E-state index contributed by atoms with van der Waals surface area (Å²) in [6.45, 7) is -0.103. The van der Waals surface area contributed by atoms with Crippen LogP contribution in [0.25, 0.3) is 0 Å². The summed E-state index contributed by atoms with van der Waals surface area (Å²) in [6.07, 6.45) is 5.22. The van der Waals surface area contributed by atoms with Gasteiger partial charge in [-0.05, 0) is 30.5 Å². The van der Waals surface area contributed by atoms with Crippen molar-refractivity contribution in [3.63, 3.8) is 0 Å². The lowest BCUT2D eigenvalue weighted by atomic mass is 9.96. The predicted molar refractivity (Wildman–Crippen MR) is 79.5 cm³/mol. The Kier molecular flexibility index (Phi) is 5.01. The number of aliphatic hydroxyl groups is 1. The van der Waals surface area contributed by atoms with Crippen molar-refractivity contribution in [1.82, 2.24) is 4.31 Å². The van der Waals surface area contributed by atoms with E-state index >= 15 is 0 Å². The van der Waals surface area contributed by atoms with Gasteiger partial charge in [0.2, 0.25) is 0 Å². The predicted octanol–water partition coefficient (Wildman–Crippen LogP) is 2.10. The molecule has 2 N–H and O–H groups in total. The first-order valence-corrected chi connectivity index (χ1v) is 8.42. The fourth-order valence-corrected chi connectivity index (χ4v) is 3.77. The van der Waals surface area contributed by atoms with Gasteiger partial charge in [0.05, 0.1) is 12.3 Å². The minimum absolute atomic E-state index is 0.0854. The van der Waals surface area contributed by atoms with E-state index in [9.17, 15) is 8.42 Å². The first-order chi connectivity index (χ1) is 9.53. The van der Waals surface area contributed by atoms with Gasteiger partial charge in [-0.2, -0.15) is 12.7 Å². The molecule has 0 spiro atoms. The van der Waals surface area contributed by atoms with Crippen LogP contribution in [-0.2, 0) is 16.8 Å². The van der Waals surface area contributed by atoms with Gasteiger partial charge in [0.15, 0.2) is 0 Å². The van der Waals surface area contributed by atoms with E-state index in [0.717, 1.165) is 25.7 Å². The lowest BCUT2D eigenvalue weighted by molar-refractivity contribution is 0.282. The van der Waals surface area contributed by atoms with Crippen molar-refractivity contribution >= 4 is 15.9 Å². The normalized spacial score (nSPS) is 17.4. The molecule has 1 aromatic rings. The second-order valence-corrected chi connectivity index (χ2v) is 7.00. The first-order valence-electron chi connectivity index (χ1n) is 6.98. The van der Waals surface area contributed by atoms with Crippen LogP contribution in [0.5, 0.6) is 0 Å². The Morgan fingerprint density at radius 1 is 1.30 bits per heavy atom. The zero-order valence-electron chi connectivity index (χ0n) is 11.7. The van der Waals surface area contributed by atoms with Gasteiger partial charge in [-0.1, -0.05) is 31.4 Å². The molecule has 1 aromatic carbocycles. The molecule has 0 atom stereocenters.